The Kier molecular flexibility index (Phi) is 3.35. The maximum absolute atomic E-state index is 6.20. The molecule has 1 fully saturated rings. The molecule has 0 saturated heterocycles. The van der Waals surface area contributed by atoms with Gasteiger partial charge in [-0.05, 0) is 35.4 Å². The molecule has 1 N–H and O–H groups in total. The van der Waals surface area contributed by atoms with Gasteiger partial charge in [0.1, 0.15) is 5.75 Å². The van der Waals surface area contributed by atoms with Gasteiger partial charge in [0.15, 0.2) is 5.82 Å². The molecule has 1 aliphatic rings. The molecule has 0 radical (unpaired) electrons. The van der Waals surface area contributed by atoms with Gasteiger partial charge in [-0.1, -0.05) is 11.6 Å². The third-order valence-electron chi connectivity index (χ3n) is 3.04. The van der Waals surface area contributed by atoms with Crippen LogP contribution in [-0.4, -0.2) is 33.4 Å². The third kappa shape index (κ3) is 2.69. The van der Waals surface area contributed by atoms with E-state index in [1.807, 2.05) is 6.07 Å². The lowest BCUT2D eigenvalue weighted by molar-refractivity contribution is 0.414. The van der Waals surface area contributed by atoms with Crippen molar-refractivity contribution in [2.45, 2.75) is 25.4 Å². The quantitative estimate of drug-likeness (QED) is 0.900. The fourth-order valence-corrected chi connectivity index (χ4v) is 2.01. The molecule has 1 saturated carbocycles. The summed E-state index contributed by atoms with van der Waals surface area (Å²) >= 11 is 6.20. The summed E-state index contributed by atoms with van der Waals surface area (Å²) in [5, 5.41) is 15.7. The maximum Gasteiger partial charge on any atom is 0.170 e. The van der Waals surface area contributed by atoms with Gasteiger partial charge < -0.3 is 10.1 Å². The molecule has 0 aliphatic heterocycles. The first-order chi connectivity index (χ1) is 9.28. The van der Waals surface area contributed by atoms with Crippen molar-refractivity contribution in [3.63, 3.8) is 0 Å². The number of methoxy groups -OCH3 is 1. The van der Waals surface area contributed by atoms with Crippen LogP contribution in [-0.2, 0) is 6.54 Å². The van der Waals surface area contributed by atoms with Gasteiger partial charge in [0, 0.05) is 12.1 Å². The standard InChI is InChI=1S/C12H14ClN5O/c1-19-9-4-5-10(13)11(6-9)18-12(15-16-17-18)7-14-8-2-3-8/h4-6,8,14H,2-3,7H2,1H3. The molecule has 19 heavy (non-hydrogen) atoms. The van der Waals surface area contributed by atoms with Crippen LogP contribution in [0.1, 0.15) is 18.7 Å². The molecule has 0 bridgehead atoms. The summed E-state index contributed by atoms with van der Waals surface area (Å²) < 4.78 is 6.84. The zero-order valence-corrected chi connectivity index (χ0v) is 11.3. The molecular formula is C12H14ClN5O. The number of rotatable bonds is 5. The number of tetrazole rings is 1. The van der Waals surface area contributed by atoms with E-state index < -0.39 is 0 Å². The van der Waals surface area contributed by atoms with Crippen molar-refractivity contribution in [3.8, 4) is 11.4 Å². The molecule has 3 rings (SSSR count). The van der Waals surface area contributed by atoms with E-state index in [1.165, 1.54) is 12.8 Å². The van der Waals surface area contributed by atoms with Crippen LogP contribution in [0.4, 0.5) is 0 Å². The zero-order chi connectivity index (χ0) is 13.2. The highest BCUT2D eigenvalue weighted by Gasteiger charge is 2.21. The first-order valence-electron chi connectivity index (χ1n) is 6.12. The minimum absolute atomic E-state index is 0.584. The molecule has 100 valence electrons. The van der Waals surface area contributed by atoms with Gasteiger partial charge in [0.05, 0.1) is 24.4 Å². The summed E-state index contributed by atoms with van der Waals surface area (Å²) in [5.74, 6) is 1.46. The highest BCUT2D eigenvalue weighted by atomic mass is 35.5. The van der Waals surface area contributed by atoms with E-state index in [-0.39, 0.29) is 0 Å². The average molecular weight is 280 g/mol. The summed E-state index contributed by atoms with van der Waals surface area (Å²) in [6.07, 6.45) is 2.45. The predicted octanol–water partition coefficient (Wildman–Crippen LogP) is 1.58. The molecule has 1 heterocycles. The lowest BCUT2D eigenvalue weighted by Gasteiger charge is -2.09. The van der Waals surface area contributed by atoms with Gasteiger partial charge >= 0.3 is 0 Å². The predicted molar refractivity (Wildman–Crippen MR) is 70.6 cm³/mol. The monoisotopic (exact) mass is 279 g/mol. The van der Waals surface area contributed by atoms with E-state index in [0.717, 1.165) is 17.3 Å². The van der Waals surface area contributed by atoms with Crippen molar-refractivity contribution in [1.29, 1.82) is 0 Å². The average Bonchev–Trinajstić information content (AvgIpc) is 3.15. The minimum Gasteiger partial charge on any atom is -0.497 e. The van der Waals surface area contributed by atoms with Crippen LogP contribution in [0.25, 0.3) is 5.69 Å². The molecule has 6 nitrogen and oxygen atoms in total. The summed E-state index contributed by atoms with van der Waals surface area (Å²) in [6.45, 7) is 0.630. The van der Waals surface area contributed by atoms with Gasteiger partial charge in [-0.25, -0.2) is 0 Å². The molecule has 0 amide bonds. The Morgan fingerprint density at radius 3 is 3.05 bits per heavy atom. The van der Waals surface area contributed by atoms with Crippen LogP contribution in [0.3, 0.4) is 0 Å². The van der Waals surface area contributed by atoms with Gasteiger partial charge in [-0.15, -0.1) is 5.10 Å². The topological polar surface area (TPSA) is 64.9 Å². The van der Waals surface area contributed by atoms with Crippen molar-refractivity contribution in [2.24, 2.45) is 0 Å². The molecule has 0 spiro atoms. The smallest absolute Gasteiger partial charge is 0.170 e. The van der Waals surface area contributed by atoms with E-state index in [2.05, 4.69) is 20.8 Å². The van der Waals surface area contributed by atoms with Crippen LogP contribution < -0.4 is 10.1 Å². The Morgan fingerprint density at radius 1 is 1.47 bits per heavy atom. The Morgan fingerprint density at radius 2 is 2.32 bits per heavy atom. The fourth-order valence-electron chi connectivity index (χ4n) is 1.81. The zero-order valence-electron chi connectivity index (χ0n) is 10.5. The fraction of sp³-hybridized carbons (Fsp3) is 0.417. The second-order valence-corrected chi connectivity index (χ2v) is 4.89. The number of ether oxygens (including phenoxy) is 1. The number of benzene rings is 1. The minimum atomic E-state index is 0.584. The van der Waals surface area contributed by atoms with Crippen LogP contribution >= 0.6 is 11.6 Å². The molecule has 1 aromatic heterocycles. The van der Waals surface area contributed by atoms with Gasteiger partial charge in [-0.2, -0.15) is 4.68 Å². The number of hydrogen-bond donors (Lipinski definition) is 1. The Hall–Kier alpha value is -1.66. The van der Waals surface area contributed by atoms with E-state index >= 15 is 0 Å². The molecule has 0 unspecified atom stereocenters. The van der Waals surface area contributed by atoms with E-state index in [9.17, 15) is 0 Å². The molecule has 0 atom stereocenters. The van der Waals surface area contributed by atoms with Gasteiger partial charge in [0.25, 0.3) is 0 Å². The second-order valence-electron chi connectivity index (χ2n) is 4.48. The first-order valence-corrected chi connectivity index (χ1v) is 6.50. The van der Waals surface area contributed by atoms with Crippen LogP contribution in [0.2, 0.25) is 5.02 Å². The van der Waals surface area contributed by atoms with E-state index in [0.29, 0.717) is 17.6 Å². The third-order valence-corrected chi connectivity index (χ3v) is 3.36. The second kappa shape index (κ2) is 5.14. The van der Waals surface area contributed by atoms with E-state index in [4.69, 9.17) is 16.3 Å². The van der Waals surface area contributed by atoms with Crippen LogP contribution in [0, 0.1) is 0 Å². The summed E-state index contributed by atoms with van der Waals surface area (Å²) in [6, 6.07) is 6.00. The van der Waals surface area contributed by atoms with Crippen molar-refractivity contribution >= 4 is 11.6 Å². The largest absolute Gasteiger partial charge is 0.497 e. The van der Waals surface area contributed by atoms with E-state index in [1.54, 1.807) is 23.9 Å². The summed E-state index contributed by atoms with van der Waals surface area (Å²) in [7, 11) is 1.61. The SMILES string of the molecule is COc1ccc(Cl)c(-n2nnnc2CNC2CC2)c1. The number of nitrogens with one attached hydrogen (secondary N) is 1. The lowest BCUT2D eigenvalue weighted by Crippen LogP contribution is -2.19. The Labute approximate surface area is 115 Å². The molecule has 1 aromatic carbocycles. The highest BCUT2D eigenvalue weighted by Crippen LogP contribution is 2.25. The van der Waals surface area contributed by atoms with Gasteiger partial charge in [-0.3, -0.25) is 0 Å². The maximum atomic E-state index is 6.20. The van der Waals surface area contributed by atoms with Crippen molar-refractivity contribution in [3.05, 3.63) is 29.0 Å². The number of nitrogens with zero attached hydrogens (tertiary/aromatic N) is 4. The Bertz CT molecular complexity index is 581. The van der Waals surface area contributed by atoms with Gasteiger partial charge in [0.2, 0.25) is 0 Å². The number of hydrogen-bond acceptors (Lipinski definition) is 5. The summed E-state index contributed by atoms with van der Waals surface area (Å²) in [4.78, 5) is 0. The highest BCUT2D eigenvalue weighted by molar-refractivity contribution is 6.32. The van der Waals surface area contributed by atoms with Crippen molar-refractivity contribution in [1.82, 2.24) is 25.5 Å². The summed E-state index contributed by atoms with van der Waals surface area (Å²) in [5.41, 5.74) is 0.721. The molecule has 1 aliphatic carbocycles. The lowest BCUT2D eigenvalue weighted by atomic mass is 10.3. The molecule has 7 heteroatoms. The normalized spacial score (nSPS) is 14.6. The number of halogens is 1. The van der Waals surface area contributed by atoms with Crippen molar-refractivity contribution < 1.29 is 4.74 Å². The van der Waals surface area contributed by atoms with Crippen molar-refractivity contribution in [2.75, 3.05) is 7.11 Å². The molecular weight excluding hydrogens is 266 g/mol. The Balaban J connectivity index is 1.89. The van der Waals surface area contributed by atoms with Crippen LogP contribution in [0.5, 0.6) is 5.75 Å². The first kappa shape index (κ1) is 12.4. The van der Waals surface area contributed by atoms with Crippen LogP contribution in [0.15, 0.2) is 18.2 Å². The number of aromatic nitrogens is 4. The molecule has 2 aromatic rings.